The standard InChI is InChI=1S/C29H38O9/c1-16-9-10-28-14-33-26(32)25(31)17(2)12-24-35-18(3)19(36-24)7-5-6-8-23(30)38-20-13-22(37-21(28)11-16)29(15-34-29)27(20,28)4/h5-8,11,17-22,24-25,31H,9-10,12-15H2,1-4H3/b7-5-,8-6-/t17-,18+,19-,20-,21-,22-,24-,25+,27-,28-,29+/m1/s1. The summed E-state index contributed by atoms with van der Waals surface area (Å²) >= 11 is 0. The smallest absolute Gasteiger partial charge is 0.335 e. The number of carbonyl (C=O) groups is 2. The Kier molecular flexibility index (Phi) is 6.39. The highest BCUT2D eigenvalue weighted by Crippen LogP contribution is 2.72. The van der Waals surface area contributed by atoms with Crippen molar-refractivity contribution in [2.45, 2.75) is 102 Å². The zero-order valence-corrected chi connectivity index (χ0v) is 22.5. The molecule has 38 heavy (non-hydrogen) atoms. The van der Waals surface area contributed by atoms with Crippen LogP contribution in [0.3, 0.4) is 0 Å². The first-order valence-corrected chi connectivity index (χ1v) is 13.8. The van der Waals surface area contributed by atoms with E-state index in [9.17, 15) is 14.7 Å². The van der Waals surface area contributed by atoms with Gasteiger partial charge >= 0.3 is 11.9 Å². The van der Waals surface area contributed by atoms with E-state index in [0.29, 0.717) is 25.9 Å². The van der Waals surface area contributed by atoms with Crippen LogP contribution in [0.1, 0.15) is 53.4 Å². The minimum absolute atomic E-state index is 0.0283. The molecule has 0 aromatic heterocycles. The molecule has 0 unspecified atom stereocenters. The van der Waals surface area contributed by atoms with E-state index in [-0.39, 0.29) is 31.0 Å². The topological polar surface area (TPSA) is 113 Å². The summed E-state index contributed by atoms with van der Waals surface area (Å²) in [6.07, 6.45) is 7.64. The van der Waals surface area contributed by atoms with Crippen LogP contribution in [0.2, 0.25) is 0 Å². The molecule has 1 saturated carbocycles. The summed E-state index contributed by atoms with van der Waals surface area (Å²) < 4.78 is 36.6. The lowest BCUT2D eigenvalue weighted by molar-refractivity contribution is -0.234. The summed E-state index contributed by atoms with van der Waals surface area (Å²) in [5, 5.41) is 10.9. The van der Waals surface area contributed by atoms with Gasteiger partial charge < -0.3 is 33.5 Å². The third-order valence-corrected chi connectivity index (χ3v) is 10.1. The number of allylic oxidation sites excluding steroid dienone is 3. The second-order valence-electron chi connectivity index (χ2n) is 12.1. The Labute approximate surface area is 223 Å². The predicted octanol–water partition coefficient (Wildman–Crippen LogP) is 2.76. The molecule has 0 aromatic rings. The molecule has 4 aliphatic heterocycles. The Morgan fingerprint density at radius 1 is 1.03 bits per heavy atom. The summed E-state index contributed by atoms with van der Waals surface area (Å²) in [6.45, 7) is 8.40. The average Bonchev–Trinajstić information content (AvgIpc) is 3.58. The molecule has 11 atom stereocenters. The first-order chi connectivity index (χ1) is 18.1. The molecule has 9 heteroatoms. The number of cyclic esters (lactones) is 1. The quantitative estimate of drug-likeness (QED) is 0.287. The van der Waals surface area contributed by atoms with E-state index in [1.54, 1.807) is 19.1 Å². The molecular weight excluding hydrogens is 492 g/mol. The first-order valence-electron chi connectivity index (χ1n) is 13.8. The highest BCUT2D eigenvalue weighted by Gasteiger charge is 2.83. The third kappa shape index (κ3) is 3.84. The van der Waals surface area contributed by atoms with Gasteiger partial charge in [0.25, 0.3) is 0 Å². The minimum Gasteiger partial charge on any atom is -0.463 e. The zero-order valence-electron chi connectivity index (χ0n) is 22.5. The van der Waals surface area contributed by atoms with Crippen molar-refractivity contribution in [3.05, 3.63) is 36.0 Å². The number of carbonyl (C=O) groups excluding carboxylic acids is 2. The second-order valence-corrected chi connectivity index (χ2v) is 12.1. The summed E-state index contributed by atoms with van der Waals surface area (Å²) in [7, 11) is 0. The van der Waals surface area contributed by atoms with Gasteiger partial charge in [0.15, 0.2) is 12.4 Å². The molecule has 208 valence electrons. The van der Waals surface area contributed by atoms with Crippen LogP contribution in [0.15, 0.2) is 36.0 Å². The van der Waals surface area contributed by atoms with Gasteiger partial charge in [-0.3, -0.25) is 0 Å². The highest BCUT2D eigenvalue weighted by molar-refractivity contribution is 5.82. The van der Waals surface area contributed by atoms with E-state index in [0.717, 1.165) is 6.42 Å². The Balaban J connectivity index is 1.36. The predicted molar refractivity (Wildman–Crippen MR) is 134 cm³/mol. The van der Waals surface area contributed by atoms with E-state index in [2.05, 4.69) is 19.9 Å². The molecule has 9 nitrogen and oxygen atoms in total. The molecule has 1 N–H and O–H groups in total. The number of rotatable bonds is 0. The fourth-order valence-electron chi connectivity index (χ4n) is 7.52. The molecule has 6 rings (SSSR count). The van der Waals surface area contributed by atoms with Gasteiger partial charge in [0, 0.05) is 24.3 Å². The van der Waals surface area contributed by atoms with Crippen LogP contribution >= 0.6 is 0 Å². The van der Waals surface area contributed by atoms with Crippen LogP contribution in [0, 0.1) is 16.7 Å². The van der Waals surface area contributed by atoms with E-state index >= 15 is 0 Å². The van der Waals surface area contributed by atoms with Gasteiger partial charge in [0.2, 0.25) is 0 Å². The largest absolute Gasteiger partial charge is 0.463 e. The number of hydrogen-bond acceptors (Lipinski definition) is 9. The summed E-state index contributed by atoms with van der Waals surface area (Å²) in [6, 6.07) is 0. The number of hydrogen-bond donors (Lipinski definition) is 1. The lowest BCUT2D eigenvalue weighted by Crippen LogP contribution is -2.67. The van der Waals surface area contributed by atoms with Gasteiger partial charge in [-0.25, -0.2) is 9.59 Å². The molecule has 6 aliphatic rings. The van der Waals surface area contributed by atoms with E-state index in [1.165, 1.54) is 11.6 Å². The van der Waals surface area contributed by atoms with Gasteiger partial charge in [-0.1, -0.05) is 43.7 Å². The van der Waals surface area contributed by atoms with Gasteiger partial charge in [-0.2, -0.15) is 0 Å². The van der Waals surface area contributed by atoms with Crippen molar-refractivity contribution in [1.82, 2.24) is 0 Å². The fourth-order valence-corrected chi connectivity index (χ4v) is 7.52. The number of ether oxygens (including phenoxy) is 6. The van der Waals surface area contributed by atoms with Gasteiger partial charge in [0.05, 0.1) is 30.3 Å². The Morgan fingerprint density at radius 3 is 2.58 bits per heavy atom. The van der Waals surface area contributed by atoms with Gasteiger partial charge in [0.1, 0.15) is 24.4 Å². The second kappa shape index (κ2) is 9.27. The SMILES string of the molecule is CC1=C[C@H]2O[C@@H]3C[C@H]4OC(=O)/C=C\C=C/[C@H]5O[C@H](C[C@@H](C)[C@H](O)C(=O)OC[C@@]2(CC1)[C@]4(C)[C@]31CO1)O[C@H]5C. The van der Waals surface area contributed by atoms with Crippen LogP contribution < -0.4 is 0 Å². The van der Waals surface area contributed by atoms with Crippen molar-refractivity contribution in [3.8, 4) is 0 Å². The van der Waals surface area contributed by atoms with Crippen molar-refractivity contribution in [2.24, 2.45) is 16.7 Å². The van der Waals surface area contributed by atoms with Crippen LogP contribution in [-0.4, -0.2) is 78.8 Å². The highest BCUT2D eigenvalue weighted by atomic mass is 16.7. The summed E-state index contributed by atoms with van der Waals surface area (Å²) in [5.74, 6) is -1.58. The summed E-state index contributed by atoms with van der Waals surface area (Å²) in [4.78, 5) is 26.2. The minimum atomic E-state index is -1.34. The Morgan fingerprint density at radius 2 is 1.82 bits per heavy atom. The summed E-state index contributed by atoms with van der Waals surface area (Å²) in [5.41, 5.74) is -0.721. The van der Waals surface area contributed by atoms with Crippen LogP contribution in [0.4, 0.5) is 0 Å². The molecule has 2 aliphatic carbocycles. The van der Waals surface area contributed by atoms with Crippen LogP contribution in [0.25, 0.3) is 0 Å². The normalized spacial score (nSPS) is 52.2. The van der Waals surface area contributed by atoms with Crippen molar-refractivity contribution in [2.75, 3.05) is 13.2 Å². The van der Waals surface area contributed by atoms with Crippen molar-refractivity contribution < 1.29 is 43.1 Å². The van der Waals surface area contributed by atoms with E-state index in [1.807, 2.05) is 13.0 Å². The number of epoxide rings is 1. The molecule has 4 fully saturated rings. The van der Waals surface area contributed by atoms with E-state index < -0.39 is 52.8 Å². The van der Waals surface area contributed by atoms with Crippen molar-refractivity contribution in [3.63, 3.8) is 0 Å². The molecular formula is C29H38O9. The van der Waals surface area contributed by atoms with E-state index in [4.69, 9.17) is 28.4 Å². The number of aliphatic hydroxyl groups is 1. The Bertz CT molecular complexity index is 1080. The maximum Gasteiger partial charge on any atom is 0.335 e. The molecule has 3 saturated heterocycles. The van der Waals surface area contributed by atoms with Crippen LogP contribution in [-0.2, 0) is 38.0 Å². The third-order valence-electron chi connectivity index (χ3n) is 10.1. The average molecular weight is 531 g/mol. The maximum absolute atomic E-state index is 13.2. The molecule has 0 amide bonds. The van der Waals surface area contributed by atoms with Crippen molar-refractivity contribution >= 4 is 11.9 Å². The zero-order chi connectivity index (χ0) is 26.9. The van der Waals surface area contributed by atoms with Gasteiger partial charge in [-0.05, 0) is 32.6 Å². The maximum atomic E-state index is 13.2. The Hall–Kier alpha value is -2.04. The lowest BCUT2D eigenvalue weighted by Gasteiger charge is -2.58. The fraction of sp³-hybridized carbons (Fsp3) is 0.724. The lowest BCUT2D eigenvalue weighted by atomic mass is 9.51. The molecule has 0 radical (unpaired) electrons. The molecule has 0 aromatic carbocycles. The van der Waals surface area contributed by atoms with Gasteiger partial charge in [-0.15, -0.1) is 0 Å². The monoisotopic (exact) mass is 530 g/mol. The van der Waals surface area contributed by atoms with Crippen molar-refractivity contribution in [1.29, 1.82) is 0 Å². The molecule has 4 bridgehead atoms. The molecule has 4 heterocycles. The first kappa shape index (κ1) is 26.2. The molecule has 2 spiro atoms. The number of aliphatic hydroxyl groups excluding tert-OH is 1. The number of esters is 2. The number of fused-ring (bicyclic) bond motifs is 2. The van der Waals surface area contributed by atoms with Crippen LogP contribution in [0.5, 0.6) is 0 Å².